The van der Waals surface area contributed by atoms with Crippen molar-refractivity contribution in [2.75, 3.05) is 0 Å². The predicted molar refractivity (Wildman–Crippen MR) is 69.9 cm³/mol. The molecule has 23 heavy (non-hydrogen) atoms. The first kappa shape index (κ1) is 17.0. The van der Waals surface area contributed by atoms with Crippen molar-refractivity contribution >= 4 is 17.7 Å². The number of halogens is 3. The second kappa shape index (κ2) is 5.68. The molecular formula is C15H13F3O5. The number of ketones is 1. The van der Waals surface area contributed by atoms with Gasteiger partial charge in [0.1, 0.15) is 0 Å². The van der Waals surface area contributed by atoms with Gasteiger partial charge in [0, 0.05) is 20.3 Å². The molecule has 0 N–H and O–H groups in total. The minimum atomic E-state index is -4.55. The van der Waals surface area contributed by atoms with E-state index in [9.17, 15) is 27.6 Å². The lowest BCUT2D eigenvalue weighted by atomic mass is 9.96. The Labute approximate surface area is 129 Å². The van der Waals surface area contributed by atoms with Crippen LogP contribution in [0.5, 0.6) is 0 Å². The van der Waals surface area contributed by atoms with Crippen molar-refractivity contribution < 1.29 is 37.0 Å². The highest BCUT2D eigenvalue weighted by Crippen LogP contribution is 2.30. The van der Waals surface area contributed by atoms with Crippen LogP contribution in [0.25, 0.3) is 0 Å². The van der Waals surface area contributed by atoms with Crippen LogP contribution in [0.1, 0.15) is 25.0 Å². The van der Waals surface area contributed by atoms with E-state index >= 15 is 0 Å². The average molecular weight is 330 g/mol. The molecule has 1 saturated heterocycles. The van der Waals surface area contributed by atoms with Crippen molar-refractivity contribution in [3.63, 3.8) is 0 Å². The van der Waals surface area contributed by atoms with Crippen LogP contribution in [0.15, 0.2) is 24.3 Å². The van der Waals surface area contributed by atoms with E-state index in [0.717, 1.165) is 18.2 Å². The van der Waals surface area contributed by atoms with Gasteiger partial charge in [0.05, 0.1) is 5.56 Å². The molecule has 2 rings (SSSR count). The van der Waals surface area contributed by atoms with Crippen LogP contribution in [0.4, 0.5) is 13.2 Å². The Morgan fingerprint density at radius 3 is 2.26 bits per heavy atom. The van der Waals surface area contributed by atoms with Crippen molar-refractivity contribution in [3.05, 3.63) is 35.4 Å². The molecule has 1 aliphatic rings. The van der Waals surface area contributed by atoms with Crippen LogP contribution in [0.3, 0.4) is 0 Å². The van der Waals surface area contributed by atoms with Gasteiger partial charge in [-0.25, -0.2) is 0 Å². The summed E-state index contributed by atoms with van der Waals surface area (Å²) < 4.78 is 47.5. The van der Waals surface area contributed by atoms with E-state index in [2.05, 4.69) is 0 Å². The van der Waals surface area contributed by atoms with Crippen LogP contribution in [0, 0.1) is 5.92 Å². The van der Waals surface area contributed by atoms with Gasteiger partial charge in [0.15, 0.2) is 5.78 Å². The van der Waals surface area contributed by atoms with E-state index in [4.69, 9.17) is 9.47 Å². The Morgan fingerprint density at radius 2 is 1.74 bits per heavy atom. The monoisotopic (exact) mass is 330 g/mol. The van der Waals surface area contributed by atoms with E-state index < -0.39 is 47.6 Å². The maximum absolute atomic E-state index is 12.6. The molecule has 0 bridgehead atoms. The van der Waals surface area contributed by atoms with Crippen LogP contribution < -0.4 is 0 Å². The van der Waals surface area contributed by atoms with Gasteiger partial charge in [0.2, 0.25) is 5.92 Å². The number of rotatable bonds is 3. The van der Waals surface area contributed by atoms with E-state index in [1.807, 2.05) is 0 Å². The second-order valence-electron chi connectivity index (χ2n) is 5.52. The highest BCUT2D eigenvalue weighted by molar-refractivity contribution is 6.16. The lowest BCUT2D eigenvalue weighted by Crippen LogP contribution is -2.49. The molecule has 5 nitrogen and oxygen atoms in total. The number of carbonyl (C=O) groups excluding carboxylic acids is 3. The number of cyclic esters (lactones) is 2. The maximum Gasteiger partial charge on any atom is 0.416 e. The summed E-state index contributed by atoms with van der Waals surface area (Å²) in [5.41, 5.74) is -0.881. The predicted octanol–water partition coefficient (Wildman–Crippen LogP) is 2.27. The summed E-state index contributed by atoms with van der Waals surface area (Å²) in [6.07, 6.45) is -5.06. The quantitative estimate of drug-likeness (QED) is 0.628. The molecule has 0 saturated carbocycles. The second-order valence-corrected chi connectivity index (χ2v) is 5.52. The van der Waals surface area contributed by atoms with Crippen molar-refractivity contribution in [1.82, 2.24) is 0 Å². The van der Waals surface area contributed by atoms with Gasteiger partial charge in [-0.15, -0.1) is 0 Å². The largest absolute Gasteiger partial charge is 0.422 e. The van der Waals surface area contributed by atoms with E-state index in [0.29, 0.717) is 0 Å². The molecule has 1 fully saturated rings. The third-order valence-electron chi connectivity index (χ3n) is 3.12. The Hall–Kier alpha value is -2.38. The first-order chi connectivity index (χ1) is 10.5. The van der Waals surface area contributed by atoms with Crippen LogP contribution >= 0.6 is 0 Å². The van der Waals surface area contributed by atoms with Crippen molar-refractivity contribution in [3.8, 4) is 0 Å². The number of alkyl halides is 3. The van der Waals surface area contributed by atoms with Gasteiger partial charge < -0.3 is 9.47 Å². The van der Waals surface area contributed by atoms with E-state index in [1.54, 1.807) is 0 Å². The van der Waals surface area contributed by atoms with Gasteiger partial charge in [0.25, 0.3) is 5.79 Å². The number of hydrogen-bond acceptors (Lipinski definition) is 5. The SMILES string of the molecule is CC1(C)OC(=O)C(C(=O)Cc2cccc(C(F)(F)F)c2)C(=O)O1. The molecular weight excluding hydrogens is 317 g/mol. The zero-order valence-corrected chi connectivity index (χ0v) is 12.3. The molecule has 0 radical (unpaired) electrons. The molecule has 1 aliphatic heterocycles. The molecule has 0 unspecified atom stereocenters. The Morgan fingerprint density at radius 1 is 1.17 bits per heavy atom. The summed E-state index contributed by atoms with van der Waals surface area (Å²) in [4.78, 5) is 35.6. The van der Waals surface area contributed by atoms with Crippen LogP contribution in [-0.4, -0.2) is 23.5 Å². The number of ether oxygens (including phenoxy) is 2. The van der Waals surface area contributed by atoms with Gasteiger partial charge >= 0.3 is 18.1 Å². The van der Waals surface area contributed by atoms with Gasteiger partial charge in [-0.2, -0.15) is 13.2 Å². The third-order valence-corrected chi connectivity index (χ3v) is 3.12. The lowest BCUT2D eigenvalue weighted by molar-refractivity contribution is -0.238. The number of benzene rings is 1. The summed E-state index contributed by atoms with van der Waals surface area (Å²) in [6.45, 7) is 2.66. The molecule has 1 heterocycles. The fraction of sp³-hybridized carbons (Fsp3) is 0.400. The Balaban J connectivity index is 2.17. The summed E-state index contributed by atoms with van der Waals surface area (Å²) >= 11 is 0. The van der Waals surface area contributed by atoms with E-state index in [1.165, 1.54) is 19.9 Å². The average Bonchev–Trinajstić information content (AvgIpc) is 2.35. The number of hydrogen-bond donors (Lipinski definition) is 0. The van der Waals surface area contributed by atoms with Gasteiger partial charge in [-0.05, 0) is 11.6 Å². The molecule has 1 aromatic carbocycles. The summed E-state index contributed by atoms with van der Waals surface area (Å²) in [5.74, 6) is -6.26. The molecule has 0 amide bonds. The molecule has 1 aromatic rings. The minimum Gasteiger partial charge on any atom is -0.422 e. The fourth-order valence-corrected chi connectivity index (χ4v) is 2.14. The first-order valence-corrected chi connectivity index (χ1v) is 6.64. The van der Waals surface area contributed by atoms with Crippen molar-refractivity contribution in [1.29, 1.82) is 0 Å². The zero-order chi connectivity index (χ0) is 17.4. The summed E-state index contributed by atoms with van der Waals surface area (Å²) in [5, 5.41) is 0. The van der Waals surface area contributed by atoms with Gasteiger partial charge in [-0.1, -0.05) is 18.2 Å². The smallest absolute Gasteiger partial charge is 0.416 e. The normalized spacial score (nSPS) is 18.3. The molecule has 124 valence electrons. The zero-order valence-electron chi connectivity index (χ0n) is 12.3. The maximum atomic E-state index is 12.6. The van der Waals surface area contributed by atoms with Crippen LogP contribution in [0.2, 0.25) is 0 Å². The minimum absolute atomic E-state index is 0.0373. The highest BCUT2D eigenvalue weighted by Gasteiger charge is 2.47. The fourth-order valence-electron chi connectivity index (χ4n) is 2.14. The Kier molecular flexibility index (Phi) is 4.19. The lowest BCUT2D eigenvalue weighted by Gasteiger charge is -2.32. The molecule has 8 heteroatoms. The third kappa shape index (κ3) is 3.88. The van der Waals surface area contributed by atoms with Crippen molar-refractivity contribution in [2.24, 2.45) is 5.92 Å². The van der Waals surface area contributed by atoms with E-state index in [-0.39, 0.29) is 5.56 Å². The number of esters is 2. The first-order valence-electron chi connectivity index (χ1n) is 6.64. The number of Topliss-reactive ketones (excluding diaryl/α,β-unsaturated/α-hetero) is 1. The Bertz CT molecular complexity index is 643. The summed E-state index contributed by atoms with van der Waals surface area (Å²) in [7, 11) is 0. The van der Waals surface area contributed by atoms with Gasteiger partial charge in [-0.3, -0.25) is 14.4 Å². The van der Waals surface area contributed by atoms with Crippen molar-refractivity contribution in [2.45, 2.75) is 32.2 Å². The van der Waals surface area contributed by atoms with Crippen LogP contribution in [-0.2, 0) is 36.5 Å². The summed E-state index contributed by atoms with van der Waals surface area (Å²) in [6, 6.07) is 4.10. The molecule has 0 atom stereocenters. The number of carbonyl (C=O) groups is 3. The molecule has 0 spiro atoms. The topological polar surface area (TPSA) is 69.7 Å². The molecule has 0 aromatic heterocycles. The standard InChI is InChI=1S/C15H13F3O5/c1-14(2)22-12(20)11(13(21)23-14)10(19)7-8-4-3-5-9(6-8)15(16,17)18/h3-6,11H,7H2,1-2H3. The molecule has 0 aliphatic carbocycles. The highest BCUT2D eigenvalue weighted by atomic mass is 19.4.